The molecule has 0 saturated heterocycles. The number of halogens is 2. The Morgan fingerprint density at radius 2 is 1.66 bits per heavy atom. The lowest BCUT2D eigenvalue weighted by atomic mass is 10.1. The van der Waals surface area contributed by atoms with Gasteiger partial charge in [-0.1, -0.05) is 36.4 Å². The van der Waals surface area contributed by atoms with Crippen molar-refractivity contribution in [2.75, 3.05) is 26.1 Å². The van der Waals surface area contributed by atoms with E-state index in [9.17, 15) is 18.4 Å². The number of carbonyl (C=O) groups is 2. The Labute approximate surface area is 218 Å². The molecule has 0 fully saturated rings. The molecule has 0 aliphatic carbocycles. The van der Waals surface area contributed by atoms with Gasteiger partial charge in [-0.05, 0) is 48.4 Å². The lowest BCUT2D eigenvalue weighted by Crippen LogP contribution is -2.19. The first-order chi connectivity index (χ1) is 18.4. The Hall–Kier alpha value is -4.66. The van der Waals surface area contributed by atoms with Crippen molar-refractivity contribution in [3.05, 3.63) is 101 Å². The Morgan fingerprint density at radius 1 is 0.921 bits per heavy atom. The average molecular weight is 521 g/mol. The van der Waals surface area contributed by atoms with E-state index in [0.29, 0.717) is 22.6 Å². The first-order valence-corrected chi connectivity index (χ1v) is 11.8. The van der Waals surface area contributed by atoms with Gasteiger partial charge >= 0.3 is 5.97 Å². The van der Waals surface area contributed by atoms with Crippen molar-refractivity contribution < 1.29 is 32.6 Å². The van der Waals surface area contributed by atoms with E-state index < -0.39 is 29.1 Å². The van der Waals surface area contributed by atoms with Gasteiger partial charge in [0.15, 0.2) is 17.2 Å². The molecule has 0 aliphatic rings. The van der Waals surface area contributed by atoms with Gasteiger partial charge in [-0.15, -0.1) is 0 Å². The highest BCUT2D eigenvalue weighted by atomic mass is 19.1. The van der Waals surface area contributed by atoms with E-state index in [0.717, 1.165) is 23.8 Å². The highest BCUT2D eigenvalue weighted by Crippen LogP contribution is 2.39. The number of nitrogens with zero attached hydrogens (tertiary/aromatic N) is 1. The summed E-state index contributed by atoms with van der Waals surface area (Å²) >= 11 is 0. The topological polar surface area (TPSA) is 78.8 Å². The van der Waals surface area contributed by atoms with Gasteiger partial charge in [0.2, 0.25) is 0 Å². The van der Waals surface area contributed by atoms with Crippen LogP contribution in [0.1, 0.15) is 33.3 Å². The van der Waals surface area contributed by atoms with Crippen LogP contribution in [0.15, 0.2) is 72.9 Å². The third-order valence-electron chi connectivity index (χ3n) is 5.85. The monoisotopic (exact) mass is 520 g/mol. The molecule has 196 valence electrons. The summed E-state index contributed by atoms with van der Waals surface area (Å²) in [6, 6.07) is 17.1. The fourth-order valence-corrected chi connectivity index (χ4v) is 4.08. The number of aromatic nitrogens is 1. The van der Waals surface area contributed by atoms with Gasteiger partial charge in [0.25, 0.3) is 5.91 Å². The fourth-order valence-electron chi connectivity index (χ4n) is 4.08. The Morgan fingerprint density at radius 3 is 2.34 bits per heavy atom. The predicted octanol–water partition coefficient (Wildman–Crippen LogP) is 5.93. The van der Waals surface area contributed by atoms with Crippen LogP contribution in [-0.4, -0.2) is 37.3 Å². The zero-order chi connectivity index (χ0) is 27.2. The molecule has 0 radical (unpaired) electrons. The van der Waals surface area contributed by atoms with E-state index in [1.54, 1.807) is 35.9 Å². The largest absolute Gasteiger partial charge is 0.493 e. The molecule has 0 aliphatic heterocycles. The molecule has 1 aromatic heterocycles. The molecule has 4 rings (SSSR count). The van der Waals surface area contributed by atoms with Crippen LogP contribution in [0.25, 0.3) is 11.1 Å². The molecule has 1 heterocycles. The molecule has 0 atom stereocenters. The highest BCUT2D eigenvalue weighted by molar-refractivity contribution is 6.11. The van der Waals surface area contributed by atoms with E-state index in [4.69, 9.17) is 14.2 Å². The fraction of sp³-hybridized carbons (Fsp3) is 0.172. The minimum atomic E-state index is -0.924. The Bertz CT molecular complexity index is 1470. The molecule has 0 saturated carbocycles. The summed E-state index contributed by atoms with van der Waals surface area (Å²) in [6.45, 7) is 2.03. The molecule has 0 spiro atoms. The molecule has 9 heteroatoms. The third kappa shape index (κ3) is 5.51. The molecular formula is C29H26F2N2O5. The van der Waals surface area contributed by atoms with Crippen molar-refractivity contribution in [3.8, 4) is 22.6 Å². The van der Waals surface area contributed by atoms with Crippen LogP contribution >= 0.6 is 0 Å². The second-order valence-electron chi connectivity index (χ2n) is 8.25. The summed E-state index contributed by atoms with van der Waals surface area (Å²) in [4.78, 5) is 26.4. The normalized spacial score (nSPS) is 10.7. The number of anilines is 1. The highest BCUT2D eigenvalue weighted by Gasteiger charge is 2.27. The van der Waals surface area contributed by atoms with Crippen LogP contribution < -0.4 is 14.8 Å². The van der Waals surface area contributed by atoms with E-state index in [1.807, 2.05) is 30.3 Å². The molecule has 0 unspecified atom stereocenters. The number of amides is 1. The van der Waals surface area contributed by atoms with Crippen molar-refractivity contribution in [2.45, 2.75) is 13.5 Å². The first-order valence-electron chi connectivity index (χ1n) is 11.8. The number of methoxy groups -OCH3 is 2. The van der Waals surface area contributed by atoms with Crippen LogP contribution in [-0.2, 0) is 11.3 Å². The minimum Gasteiger partial charge on any atom is -0.493 e. The number of benzene rings is 3. The van der Waals surface area contributed by atoms with Crippen LogP contribution in [0.3, 0.4) is 0 Å². The van der Waals surface area contributed by atoms with Gasteiger partial charge in [-0.3, -0.25) is 4.79 Å². The van der Waals surface area contributed by atoms with Crippen molar-refractivity contribution in [1.29, 1.82) is 0 Å². The number of hydrogen-bond acceptors (Lipinski definition) is 5. The maximum absolute atomic E-state index is 14.4. The Balaban J connectivity index is 1.92. The second kappa shape index (κ2) is 11.6. The van der Waals surface area contributed by atoms with Crippen LogP contribution in [0.4, 0.5) is 14.5 Å². The Kier molecular flexibility index (Phi) is 8.06. The van der Waals surface area contributed by atoms with E-state index >= 15 is 0 Å². The minimum absolute atomic E-state index is 0.0469. The number of hydrogen-bond donors (Lipinski definition) is 1. The van der Waals surface area contributed by atoms with Gasteiger partial charge < -0.3 is 24.1 Å². The van der Waals surface area contributed by atoms with Crippen molar-refractivity contribution in [3.63, 3.8) is 0 Å². The van der Waals surface area contributed by atoms with Crippen molar-refractivity contribution in [2.24, 2.45) is 0 Å². The maximum Gasteiger partial charge on any atom is 0.357 e. The van der Waals surface area contributed by atoms with Gasteiger partial charge in [0, 0.05) is 18.3 Å². The summed E-state index contributed by atoms with van der Waals surface area (Å²) < 4.78 is 46.0. The molecular weight excluding hydrogens is 494 g/mol. The summed E-state index contributed by atoms with van der Waals surface area (Å²) in [5, 5.41) is 2.63. The molecule has 4 aromatic rings. The number of carbonyl (C=O) groups excluding carboxylic acids is 2. The van der Waals surface area contributed by atoms with E-state index in [-0.39, 0.29) is 24.5 Å². The summed E-state index contributed by atoms with van der Waals surface area (Å²) in [6.07, 6.45) is 1.69. The summed E-state index contributed by atoms with van der Waals surface area (Å²) in [5.41, 5.74) is 1.53. The quantitative estimate of drug-likeness (QED) is 0.277. The molecule has 7 nitrogen and oxygen atoms in total. The third-order valence-corrected chi connectivity index (χ3v) is 5.85. The van der Waals surface area contributed by atoms with Crippen LogP contribution in [0.5, 0.6) is 11.5 Å². The molecule has 3 aromatic carbocycles. The molecule has 0 bridgehead atoms. The smallest absolute Gasteiger partial charge is 0.357 e. The lowest BCUT2D eigenvalue weighted by molar-refractivity contribution is 0.0515. The predicted molar refractivity (Wildman–Crippen MR) is 139 cm³/mol. The van der Waals surface area contributed by atoms with Crippen LogP contribution in [0.2, 0.25) is 0 Å². The molecule has 1 N–H and O–H groups in total. The van der Waals surface area contributed by atoms with Gasteiger partial charge in [-0.25, -0.2) is 13.6 Å². The lowest BCUT2D eigenvalue weighted by Gasteiger charge is -2.13. The molecule has 1 amide bonds. The first kappa shape index (κ1) is 26.4. The zero-order valence-electron chi connectivity index (χ0n) is 21.1. The zero-order valence-corrected chi connectivity index (χ0v) is 21.1. The SMILES string of the molecule is CCOC(=O)c1c(NC(=O)c2cc(F)ccc2F)c(-c2ccc(OC)c(OC)c2)cn1Cc1ccccc1. The van der Waals surface area contributed by atoms with E-state index in [2.05, 4.69) is 5.32 Å². The number of ether oxygens (including phenoxy) is 3. The maximum atomic E-state index is 14.4. The summed E-state index contributed by atoms with van der Waals surface area (Å²) in [7, 11) is 2.99. The van der Waals surface area contributed by atoms with E-state index in [1.165, 1.54) is 14.2 Å². The average Bonchev–Trinajstić information content (AvgIpc) is 3.27. The van der Waals surface area contributed by atoms with Gasteiger partial charge in [0.05, 0.1) is 32.1 Å². The van der Waals surface area contributed by atoms with Gasteiger partial charge in [0.1, 0.15) is 11.6 Å². The summed E-state index contributed by atoms with van der Waals surface area (Å²) in [5.74, 6) is -2.39. The van der Waals surface area contributed by atoms with Crippen molar-refractivity contribution in [1.82, 2.24) is 4.57 Å². The standard InChI is InChI=1S/C29H26F2N2O5/c1-4-38-29(35)27-26(32-28(34)21-15-20(30)11-12-23(21)31)22(17-33(27)16-18-8-6-5-7-9-18)19-10-13-24(36-2)25(14-19)37-3/h5-15,17H,4,16H2,1-3H3,(H,32,34). The number of esters is 1. The second-order valence-corrected chi connectivity index (χ2v) is 8.25. The van der Waals surface area contributed by atoms with Gasteiger partial charge in [-0.2, -0.15) is 0 Å². The molecule has 38 heavy (non-hydrogen) atoms. The van der Waals surface area contributed by atoms with Crippen LogP contribution in [0, 0.1) is 11.6 Å². The van der Waals surface area contributed by atoms with Crippen molar-refractivity contribution >= 4 is 17.6 Å². The number of nitrogens with one attached hydrogen (secondary N) is 1. The number of rotatable bonds is 9.